The van der Waals surface area contributed by atoms with Crippen LogP contribution in [0.1, 0.15) is 24.0 Å². The van der Waals surface area contributed by atoms with Crippen molar-refractivity contribution in [3.63, 3.8) is 0 Å². The standard InChI is InChI=1S/C10H12N2O2/c1-8(6-11-13)10-4-2-9(3-5-10)7-12-14/h2-5,8H,6-7H2,1H3. The van der Waals surface area contributed by atoms with Crippen molar-refractivity contribution in [3.05, 3.63) is 45.2 Å². The normalized spacial score (nSPS) is 12.1. The first-order valence-corrected chi connectivity index (χ1v) is 4.45. The molecule has 0 saturated heterocycles. The minimum atomic E-state index is 0.130. The van der Waals surface area contributed by atoms with Crippen LogP contribution in [0.2, 0.25) is 0 Å². The first-order chi connectivity index (χ1) is 6.77. The molecule has 4 nitrogen and oxygen atoms in total. The summed E-state index contributed by atoms with van der Waals surface area (Å²) in [7, 11) is 0. The first kappa shape index (κ1) is 10.5. The Balaban J connectivity index is 2.71. The number of rotatable bonds is 5. The van der Waals surface area contributed by atoms with Gasteiger partial charge in [0.2, 0.25) is 0 Å². The number of nitroso groups, excluding NO2 is 2. The minimum absolute atomic E-state index is 0.130. The summed E-state index contributed by atoms with van der Waals surface area (Å²) in [6.45, 7) is 2.42. The van der Waals surface area contributed by atoms with E-state index in [2.05, 4.69) is 10.4 Å². The zero-order valence-electron chi connectivity index (χ0n) is 8.01. The average molecular weight is 192 g/mol. The first-order valence-electron chi connectivity index (χ1n) is 4.45. The fourth-order valence-corrected chi connectivity index (χ4v) is 1.24. The zero-order valence-corrected chi connectivity index (χ0v) is 8.01. The van der Waals surface area contributed by atoms with Crippen LogP contribution < -0.4 is 0 Å². The molecule has 0 heterocycles. The Hall–Kier alpha value is -1.58. The fraction of sp³-hybridized carbons (Fsp3) is 0.400. The number of hydrogen-bond donors (Lipinski definition) is 0. The molecule has 0 radical (unpaired) electrons. The smallest absolute Gasteiger partial charge is 0.106 e. The van der Waals surface area contributed by atoms with Crippen molar-refractivity contribution in [2.45, 2.75) is 19.4 Å². The minimum Gasteiger partial charge on any atom is -0.151 e. The van der Waals surface area contributed by atoms with E-state index in [9.17, 15) is 9.81 Å². The van der Waals surface area contributed by atoms with Gasteiger partial charge in [0.15, 0.2) is 0 Å². The number of nitrogens with zero attached hydrogens (tertiary/aromatic N) is 2. The van der Waals surface area contributed by atoms with Gasteiger partial charge in [-0.2, -0.15) is 9.81 Å². The lowest BCUT2D eigenvalue weighted by Crippen LogP contribution is -1.97. The molecule has 14 heavy (non-hydrogen) atoms. The van der Waals surface area contributed by atoms with Crippen LogP contribution in [-0.2, 0) is 6.54 Å². The number of hydrogen-bond acceptors (Lipinski definition) is 4. The Bertz CT molecular complexity index is 308. The molecule has 0 aliphatic rings. The van der Waals surface area contributed by atoms with E-state index < -0.39 is 0 Å². The van der Waals surface area contributed by atoms with Crippen LogP contribution in [0.4, 0.5) is 0 Å². The topological polar surface area (TPSA) is 58.9 Å². The molecule has 0 saturated carbocycles. The third kappa shape index (κ3) is 2.73. The van der Waals surface area contributed by atoms with Crippen molar-refractivity contribution in [1.29, 1.82) is 0 Å². The van der Waals surface area contributed by atoms with Crippen LogP contribution in [0.15, 0.2) is 34.6 Å². The quantitative estimate of drug-likeness (QED) is 0.673. The largest absolute Gasteiger partial charge is 0.151 e. The average Bonchev–Trinajstić information content (AvgIpc) is 2.20. The van der Waals surface area contributed by atoms with Gasteiger partial charge in [0.1, 0.15) is 6.54 Å². The maximum absolute atomic E-state index is 10.1. The van der Waals surface area contributed by atoms with Crippen molar-refractivity contribution in [2.24, 2.45) is 10.4 Å². The second-order valence-corrected chi connectivity index (χ2v) is 3.24. The molecule has 0 spiro atoms. The van der Waals surface area contributed by atoms with Gasteiger partial charge in [-0.1, -0.05) is 41.5 Å². The molecule has 0 N–H and O–H groups in total. The summed E-state index contributed by atoms with van der Waals surface area (Å²) in [5, 5.41) is 5.65. The van der Waals surface area contributed by atoms with Crippen LogP contribution in [0.25, 0.3) is 0 Å². The van der Waals surface area contributed by atoms with E-state index in [-0.39, 0.29) is 19.0 Å². The Morgan fingerprint density at radius 2 is 1.79 bits per heavy atom. The highest BCUT2D eigenvalue weighted by molar-refractivity contribution is 5.25. The molecule has 0 aliphatic heterocycles. The molecule has 0 aliphatic carbocycles. The maximum atomic E-state index is 10.1. The monoisotopic (exact) mass is 192 g/mol. The van der Waals surface area contributed by atoms with Crippen LogP contribution >= 0.6 is 0 Å². The molecular weight excluding hydrogens is 180 g/mol. The van der Waals surface area contributed by atoms with Crippen LogP contribution in [-0.4, -0.2) is 6.54 Å². The summed E-state index contributed by atoms with van der Waals surface area (Å²) in [5.41, 5.74) is 1.94. The Morgan fingerprint density at radius 1 is 1.14 bits per heavy atom. The summed E-state index contributed by atoms with van der Waals surface area (Å²) < 4.78 is 0. The highest BCUT2D eigenvalue weighted by Gasteiger charge is 2.04. The second kappa shape index (κ2) is 5.21. The van der Waals surface area contributed by atoms with E-state index in [0.717, 1.165) is 11.1 Å². The van der Waals surface area contributed by atoms with E-state index in [1.807, 2.05) is 31.2 Å². The fourth-order valence-electron chi connectivity index (χ4n) is 1.24. The third-order valence-electron chi connectivity index (χ3n) is 2.14. The molecule has 0 amide bonds. The highest BCUT2D eigenvalue weighted by Crippen LogP contribution is 2.16. The molecule has 1 unspecified atom stereocenters. The maximum Gasteiger partial charge on any atom is 0.106 e. The van der Waals surface area contributed by atoms with E-state index in [1.54, 1.807) is 0 Å². The predicted molar refractivity (Wildman–Crippen MR) is 55.0 cm³/mol. The highest BCUT2D eigenvalue weighted by atomic mass is 16.3. The van der Waals surface area contributed by atoms with E-state index >= 15 is 0 Å². The van der Waals surface area contributed by atoms with Gasteiger partial charge in [-0.3, -0.25) is 0 Å². The summed E-state index contributed by atoms with van der Waals surface area (Å²) >= 11 is 0. The Labute approximate surface area is 82.3 Å². The summed E-state index contributed by atoms with van der Waals surface area (Å²) in [4.78, 5) is 20.0. The van der Waals surface area contributed by atoms with Gasteiger partial charge >= 0.3 is 0 Å². The van der Waals surface area contributed by atoms with Gasteiger partial charge in [0.25, 0.3) is 0 Å². The summed E-state index contributed by atoms with van der Waals surface area (Å²) in [6, 6.07) is 7.49. The zero-order chi connectivity index (χ0) is 10.4. The van der Waals surface area contributed by atoms with E-state index in [0.29, 0.717) is 0 Å². The predicted octanol–water partition coefficient (Wildman–Crippen LogP) is 2.82. The molecule has 1 aromatic rings. The lowest BCUT2D eigenvalue weighted by molar-refractivity contribution is 0.770. The van der Waals surface area contributed by atoms with Gasteiger partial charge in [-0.25, -0.2) is 0 Å². The molecule has 0 aromatic heterocycles. The molecule has 1 aromatic carbocycles. The molecule has 4 heteroatoms. The second-order valence-electron chi connectivity index (χ2n) is 3.24. The van der Waals surface area contributed by atoms with Crippen LogP contribution in [0, 0.1) is 9.81 Å². The van der Waals surface area contributed by atoms with Crippen molar-refractivity contribution < 1.29 is 0 Å². The SMILES string of the molecule is CC(CN=O)c1ccc(CN=O)cc1. The molecule has 0 bridgehead atoms. The molecule has 74 valence electrons. The van der Waals surface area contributed by atoms with Crippen LogP contribution in [0.5, 0.6) is 0 Å². The van der Waals surface area contributed by atoms with E-state index in [4.69, 9.17) is 0 Å². The molecule has 0 fully saturated rings. The van der Waals surface area contributed by atoms with Gasteiger partial charge < -0.3 is 0 Å². The lowest BCUT2D eigenvalue weighted by Gasteiger charge is -2.07. The van der Waals surface area contributed by atoms with Gasteiger partial charge in [0, 0.05) is 5.92 Å². The summed E-state index contributed by atoms with van der Waals surface area (Å²) in [5.74, 6) is 0.130. The van der Waals surface area contributed by atoms with Gasteiger partial charge in [0.05, 0.1) is 6.54 Å². The number of benzene rings is 1. The lowest BCUT2D eigenvalue weighted by atomic mass is 10.0. The van der Waals surface area contributed by atoms with Crippen molar-refractivity contribution in [2.75, 3.05) is 6.54 Å². The Kier molecular flexibility index (Phi) is 3.91. The van der Waals surface area contributed by atoms with E-state index in [1.165, 1.54) is 0 Å². The molecule has 1 rings (SSSR count). The molecular formula is C10H12N2O2. The van der Waals surface area contributed by atoms with Crippen LogP contribution in [0.3, 0.4) is 0 Å². The summed E-state index contributed by atoms with van der Waals surface area (Å²) in [6.07, 6.45) is 0. The van der Waals surface area contributed by atoms with Crippen molar-refractivity contribution in [3.8, 4) is 0 Å². The third-order valence-corrected chi connectivity index (χ3v) is 2.14. The van der Waals surface area contributed by atoms with Gasteiger partial charge in [-0.05, 0) is 11.1 Å². The Morgan fingerprint density at radius 3 is 2.29 bits per heavy atom. The van der Waals surface area contributed by atoms with Gasteiger partial charge in [-0.15, -0.1) is 0 Å². The van der Waals surface area contributed by atoms with Crippen molar-refractivity contribution >= 4 is 0 Å². The molecule has 1 atom stereocenters. The van der Waals surface area contributed by atoms with Crippen molar-refractivity contribution in [1.82, 2.24) is 0 Å².